The number of guanidine groups is 1. The van der Waals surface area contributed by atoms with Crippen LogP contribution >= 0.6 is 46.7 Å². The first kappa shape index (κ1) is 26.3. The van der Waals surface area contributed by atoms with Gasteiger partial charge >= 0.3 is 0 Å². The number of nitrogens with zero attached hydrogens (tertiary/aromatic N) is 2. The minimum Gasteiger partial charge on any atom is -0.356 e. The van der Waals surface area contributed by atoms with Crippen LogP contribution in [0.25, 0.3) is 0 Å². The van der Waals surface area contributed by atoms with Gasteiger partial charge in [0.2, 0.25) is 0 Å². The Morgan fingerprint density at radius 2 is 1.93 bits per heavy atom. The molecule has 0 amide bonds. The first-order chi connectivity index (χ1) is 13.4. The molecule has 0 saturated carbocycles. The highest BCUT2D eigenvalue weighted by atomic mass is 127. The molecule has 1 atom stereocenters. The van der Waals surface area contributed by atoms with E-state index in [2.05, 4.69) is 40.1 Å². The number of halogens is 1. The third-order valence-corrected chi connectivity index (χ3v) is 9.19. The zero-order valence-corrected chi connectivity index (χ0v) is 22.1. The number of sulfonamides is 1. The molecular formula is C19H31IN4O2S3. The molecule has 0 saturated heterocycles. The first-order valence-electron chi connectivity index (χ1n) is 9.49. The molecule has 0 bridgehead atoms. The van der Waals surface area contributed by atoms with Crippen LogP contribution in [0.4, 0.5) is 0 Å². The van der Waals surface area contributed by atoms with Crippen molar-refractivity contribution >= 4 is 62.6 Å². The lowest BCUT2D eigenvalue weighted by Gasteiger charge is -2.16. The predicted molar refractivity (Wildman–Crippen MR) is 136 cm³/mol. The van der Waals surface area contributed by atoms with Gasteiger partial charge in [0.1, 0.15) is 4.21 Å². The van der Waals surface area contributed by atoms with Crippen molar-refractivity contribution in [2.45, 2.75) is 37.3 Å². The van der Waals surface area contributed by atoms with Crippen LogP contribution in [-0.2, 0) is 16.4 Å². The summed E-state index contributed by atoms with van der Waals surface area (Å²) in [5, 5.41) is 8.74. The molecule has 0 aliphatic heterocycles. The molecule has 0 aromatic carbocycles. The summed E-state index contributed by atoms with van der Waals surface area (Å²) in [6.07, 6.45) is 0.750. The normalized spacial score (nSPS) is 13.2. The number of aliphatic imine (C=N–C) groups is 1. The number of thiophene rings is 2. The molecule has 164 valence electrons. The fourth-order valence-electron chi connectivity index (χ4n) is 2.77. The topological polar surface area (TPSA) is 73.8 Å². The molecule has 10 heteroatoms. The van der Waals surface area contributed by atoms with Crippen LogP contribution in [0.5, 0.6) is 0 Å². The van der Waals surface area contributed by atoms with E-state index in [1.807, 2.05) is 19.9 Å². The zero-order valence-electron chi connectivity index (χ0n) is 17.3. The number of hydrogen-bond donors (Lipinski definition) is 2. The minimum atomic E-state index is -3.37. The van der Waals surface area contributed by atoms with Gasteiger partial charge in [0, 0.05) is 48.9 Å². The Kier molecular flexibility index (Phi) is 11.7. The quantitative estimate of drug-likeness (QED) is 0.258. The SMILES string of the molecule is CCN(CC)S(=O)(=O)c1ccc(CCNC(=NC)NCC(C)c2cccs2)s1.I. The van der Waals surface area contributed by atoms with Crippen molar-refractivity contribution in [3.05, 3.63) is 39.4 Å². The van der Waals surface area contributed by atoms with Gasteiger partial charge in [0.25, 0.3) is 10.0 Å². The molecule has 29 heavy (non-hydrogen) atoms. The van der Waals surface area contributed by atoms with Crippen LogP contribution in [0.2, 0.25) is 0 Å². The van der Waals surface area contributed by atoms with Gasteiger partial charge in [-0.25, -0.2) is 8.42 Å². The summed E-state index contributed by atoms with van der Waals surface area (Å²) >= 11 is 3.11. The largest absolute Gasteiger partial charge is 0.356 e. The zero-order chi connectivity index (χ0) is 20.6. The van der Waals surface area contributed by atoms with E-state index in [0.29, 0.717) is 29.8 Å². The van der Waals surface area contributed by atoms with Crippen LogP contribution < -0.4 is 10.6 Å². The van der Waals surface area contributed by atoms with Crippen LogP contribution in [-0.4, -0.2) is 51.9 Å². The van der Waals surface area contributed by atoms with Crippen molar-refractivity contribution in [3.8, 4) is 0 Å². The molecule has 6 nitrogen and oxygen atoms in total. The molecule has 0 aliphatic rings. The van der Waals surface area contributed by atoms with Gasteiger partial charge in [-0.2, -0.15) is 4.31 Å². The Balaban J connectivity index is 0.00000420. The van der Waals surface area contributed by atoms with Crippen LogP contribution in [0, 0.1) is 0 Å². The van der Waals surface area contributed by atoms with Crippen LogP contribution in [0.15, 0.2) is 38.8 Å². The maximum atomic E-state index is 12.6. The molecular weight excluding hydrogens is 539 g/mol. The second kappa shape index (κ2) is 12.9. The lowest BCUT2D eigenvalue weighted by atomic mass is 10.1. The van der Waals surface area contributed by atoms with E-state index in [1.54, 1.807) is 24.5 Å². The highest BCUT2D eigenvalue weighted by molar-refractivity contribution is 14.0. The Labute approximate surface area is 199 Å². The average Bonchev–Trinajstić information content (AvgIpc) is 3.37. The predicted octanol–water partition coefficient (Wildman–Crippen LogP) is 3.97. The fraction of sp³-hybridized carbons (Fsp3) is 0.526. The molecule has 2 heterocycles. The van der Waals surface area contributed by atoms with Crippen LogP contribution in [0.1, 0.15) is 36.4 Å². The van der Waals surface area contributed by atoms with Gasteiger partial charge in [0.15, 0.2) is 5.96 Å². The third kappa shape index (κ3) is 7.50. The van der Waals surface area contributed by atoms with Crippen LogP contribution in [0.3, 0.4) is 0 Å². The number of nitrogens with one attached hydrogen (secondary N) is 2. The van der Waals surface area contributed by atoms with E-state index in [4.69, 9.17) is 0 Å². The lowest BCUT2D eigenvalue weighted by Crippen LogP contribution is -2.39. The van der Waals surface area contributed by atoms with Gasteiger partial charge in [-0.3, -0.25) is 4.99 Å². The molecule has 0 spiro atoms. The Bertz CT molecular complexity index is 847. The maximum absolute atomic E-state index is 12.6. The molecule has 1 unspecified atom stereocenters. The van der Waals surface area contributed by atoms with Gasteiger partial charge in [-0.05, 0) is 30.0 Å². The van der Waals surface area contributed by atoms with E-state index in [0.717, 1.165) is 23.8 Å². The summed E-state index contributed by atoms with van der Waals surface area (Å²) in [4.78, 5) is 6.65. The molecule has 0 fully saturated rings. The number of rotatable bonds is 10. The molecule has 2 aromatic rings. The summed E-state index contributed by atoms with van der Waals surface area (Å²) in [5.74, 6) is 1.18. The van der Waals surface area contributed by atoms with Crippen molar-refractivity contribution in [2.24, 2.45) is 4.99 Å². The summed E-state index contributed by atoms with van der Waals surface area (Å²) in [6.45, 7) is 8.38. The second-order valence-corrected chi connectivity index (χ2v) is 10.7. The summed E-state index contributed by atoms with van der Waals surface area (Å²) in [7, 11) is -1.61. The van der Waals surface area contributed by atoms with Gasteiger partial charge in [0.05, 0.1) is 0 Å². The lowest BCUT2D eigenvalue weighted by molar-refractivity contribution is 0.447. The minimum absolute atomic E-state index is 0. The van der Waals surface area contributed by atoms with Crippen molar-refractivity contribution in [2.75, 3.05) is 33.2 Å². The van der Waals surface area contributed by atoms with E-state index in [9.17, 15) is 8.42 Å². The molecule has 0 aliphatic carbocycles. The Morgan fingerprint density at radius 3 is 2.52 bits per heavy atom. The first-order valence-corrected chi connectivity index (χ1v) is 12.6. The average molecular weight is 571 g/mol. The second-order valence-electron chi connectivity index (χ2n) is 6.36. The van der Waals surface area contributed by atoms with E-state index >= 15 is 0 Å². The summed E-state index contributed by atoms with van der Waals surface area (Å²) in [6, 6.07) is 7.83. The van der Waals surface area contributed by atoms with Crippen molar-refractivity contribution in [3.63, 3.8) is 0 Å². The van der Waals surface area contributed by atoms with E-state index in [1.165, 1.54) is 20.5 Å². The van der Waals surface area contributed by atoms with Gasteiger partial charge in [-0.1, -0.05) is 26.8 Å². The Hall–Kier alpha value is -0.690. The number of hydrogen-bond acceptors (Lipinski definition) is 5. The highest BCUT2D eigenvalue weighted by Gasteiger charge is 2.23. The third-order valence-electron chi connectivity index (χ3n) is 4.43. The Morgan fingerprint density at radius 1 is 1.21 bits per heavy atom. The standard InChI is InChI=1S/C19H30N4O2S3.HI/c1-5-23(6-2)28(24,25)18-10-9-16(27-18)11-12-21-19(20-4)22-14-15(3)17-8-7-13-26-17;/h7-10,13,15H,5-6,11-12,14H2,1-4H3,(H2,20,21,22);1H. The molecule has 2 N–H and O–H groups in total. The monoisotopic (exact) mass is 570 g/mol. The van der Waals surface area contributed by atoms with Crippen molar-refractivity contribution < 1.29 is 8.42 Å². The summed E-state index contributed by atoms with van der Waals surface area (Å²) < 4.78 is 27.1. The molecule has 2 rings (SSSR count). The highest BCUT2D eigenvalue weighted by Crippen LogP contribution is 2.25. The van der Waals surface area contributed by atoms with E-state index < -0.39 is 10.0 Å². The summed E-state index contributed by atoms with van der Waals surface area (Å²) in [5.41, 5.74) is 0. The smallest absolute Gasteiger partial charge is 0.252 e. The molecule has 2 aromatic heterocycles. The molecule has 0 radical (unpaired) electrons. The van der Waals surface area contributed by atoms with Gasteiger partial charge < -0.3 is 10.6 Å². The van der Waals surface area contributed by atoms with Crippen molar-refractivity contribution in [1.29, 1.82) is 0 Å². The van der Waals surface area contributed by atoms with Gasteiger partial charge in [-0.15, -0.1) is 46.7 Å². The maximum Gasteiger partial charge on any atom is 0.252 e. The fourth-order valence-corrected chi connectivity index (χ4v) is 6.52. The van der Waals surface area contributed by atoms with Crippen molar-refractivity contribution in [1.82, 2.24) is 14.9 Å². The van der Waals surface area contributed by atoms with E-state index in [-0.39, 0.29) is 24.0 Å².